The molecule has 0 aliphatic carbocycles. The molecule has 5 nitrogen and oxygen atoms in total. The molecule has 0 saturated carbocycles. The first-order valence-electron chi connectivity index (χ1n) is 5.46. The zero-order valence-corrected chi connectivity index (χ0v) is 9.36. The van der Waals surface area contributed by atoms with Crippen LogP contribution in [0.3, 0.4) is 0 Å². The SMILES string of the molecule is CN(C)Cc1noc(C2CCCCN2)n1. The minimum Gasteiger partial charge on any atom is -0.338 e. The molecule has 1 aliphatic heterocycles. The molecule has 1 aromatic rings. The van der Waals surface area contributed by atoms with E-state index in [2.05, 4.69) is 15.5 Å². The molecule has 1 N–H and O–H groups in total. The normalized spacial score (nSPS) is 22.2. The molecule has 1 fully saturated rings. The molecular formula is C10H18N4O. The Balaban J connectivity index is 1.99. The average molecular weight is 210 g/mol. The van der Waals surface area contributed by atoms with Crippen LogP contribution in [0.4, 0.5) is 0 Å². The lowest BCUT2D eigenvalue weighted by Gasteiger charge is -2.19. The van der Waals surface area contributed by atoms with Crippen LogP contribution >= 0.6 is 0 Å². The third-order valence-corrected chi connectivity index (χ3v) is 2.55. The van der Waals surface area contributed by atoms with Gasteiger partial charge in [-0.2, -0.15) is 4.98 Å². The van der Waals surface area contributed by atoms with Crippen LogP contribution in [0.15, 0.2) is 4.52 Å². The fraction of sp³-hybridized carbons (Fsp3) is 0.800. The van der Waals surface area contributed by atoms with Gasteiger partial charge in [-0.15, -0.1) is 0 Å². The second-order valence-corrected chi connectivity index (χ2v) is 4.29. The Morgan fingerprint density at radius 1 is 1.47 bits per heavy atom. The molecule has 0 aromatic carbocycles. The maximum Gasteiger partial charge on any atom is 0.243 e. The highest BCUT2D eigenvalue weighted by atomic mass is 16.5. The highest BCUT2D eigenvalue weighted by Crippen LogP contribution is 2.21. The van der Waals surface area contributed by atoms with Crippen molar-refractivity contribution >= 4 is 0 Å². The van der Waals surface area contributed by atoms with Gasteiger partial charge in [0, 0.05) is 0 Å². The predicted octanol–water partition coefficient (Wildman–Crippen LogP) is 0.946. The topological polar surface area (TPSA) is 54.2 Å². The minimum absolute atomic E-state index is 0.266. The van der Waals surface area contributed by atoms with Gasteiger partial charge in [0.15, 0.2) is 5.82 Å². The largest absolute Gasteiger partial charge is 0.338 e. The third-order valence-electron chi connectivity index (χ3n) is 2.55. The van der Waals surface area contributed by atoms with Gasteiger partial charge in [0.25, 0.3) is 0 Å². The van der Waals surface area contributed by atoms with Crippen LogP contribution < -0.4 is 5.32 Å². The predicted molar refractivity (Wildman–Crippen MR) is 56.3 cm³/mol. The molecule has 1 unspecified atom stereocenters. The summed E-state index contributed by atoms with van der Waals surface area (Å²) in [5, 5.41) is 7.36. The van der Waals surface area contributed by atoms with E-state index < -0.39 is 0 Å². The number of piperidine rings is 1. The lowest BCUT2D eigenvalue weighted by molar-refractivity contribution is 0.293. The van der Waals surface area contributed by atoms with Crippen molar-refractivity contribution < 1.29 is 4.52 Å². The Hall–Kier alpha value is -0.940. The Bertz CT molecular complexity index is 304. The average Bonchev–Trinajstić information content (AvgIpc) is 2.67. The van der Waals surface area contributed by atoms with Crippen LogP contribution in [-0.4, -0.2) is 35.7 Å². The zero-order valence-electron chi connectivity index (χ0n) is 9.36. The van der Waals surface area contributed by atoms with Gasteiger partial charge < -0.3 is 14.7 Å². The van der Waals surface area contributed by atoms with Crippen molar-refractivity contribution in [2.45, 2.75) is 31.8 Å². The van der Waals surface area contributed by atoms with Crippen molar-refractivity contribution in [1.82, 2.24) is 20.4 Å². The molecule has 1 atom stereocenters. The lowest BCUT2D eigenvalue weighted by Crippen LogP contribution is -2.27. The number of rotatable bonds is 3. The zero-order chi connectivity index (χ0) is 10.7. The second kappa shape index (κ2) is 4.72. The lowest BCUT2D eigenvalue weighted by atomic mass is 10.1. The number of aromatic nitrogens is 2. The Kier molecular flexibility index (Phi) is 3.33. The van der Waals surface area contributed by atoms with Crippen LogP contribution in [0.25, 0.3) is 0 Å². The molecule has 0 spiro atoms. The summed E-state index contributed by atoms with van der Waals surface area (Å²) in [4.78, 5) is 6.42. The van der Waals surface area contributed by atoms with Gasteiger partial charge >= 0.3 is 0 Å². The Morgan fingerprint density at radius 3 is 3.00 bits per heavy atom. The molecule has 2 heterocycles. The third kappa shape index (κ3) is 2.76. The molecule has 84 valence electrons. The number of nitrogens with zero attached hydrogens (tertiary/aromatic N) is 3. The summed E-state index contributed by atoms with van der Waals surface area (Å²) in [7, 11) is 3.99. The summed E-state index contributed by atoms with van der Waals surface area (Å²) in [6.45, 7) is 1.78. The summed E-state index contributed by atoms with van der Waals surface area (Å²) in [5.41, 5.74) is 0. The first-order chi connectivity index (χ1) is 7.25. The maximum atomic E-state index is 5.25. The molecule has 1 aromatic heterocycles. The molecule has 0 bridgehead atoms. The first-order valence-corrected chi connectivity index (χ1v) is 5.46. The molecule has 2 rings (SSSR count). The van der Waals surface area contributed by atoms with E-state index in [0.29, 0.717) is 0 Å². The van der Waals surface area contributed by atoms with E-state index in [4.69, 9.17) is 4.52 Å². The van der Waals surface area contributed by atoms with Crippen molar-refractivity contribution in [3.05, 3.63) is 11.7 Å². The van der Waals surface area contributed by atoms with Crippen LogP contribution in [0.2, 0.25) is 0 Å². The molecule has 1 saturated heterocycles. The molecule has 1 aliphatic rings. The van der Waals surface area contributed by atoms with Crippen molar-refractivity contribution in [3.8, 4) is 0 Å². The standard InChI is InChI=1S/C10H18N4O/c1-14(2)7-9-12-10(15-13-9)8-5-3-4-6-11-8/h8,11H,3-7H2,1-2H3. The summed E-state index contributed by atoms with van der Waals surface area (Å²) in [6, 6.07) is 0.266. The van der Waals surface area contributed by atoms with Crippen LogP contribution in [0.1, 0.15) is 37.0 Å². The van der Waals surface area contributed by atoms with E-state index in [0.717, 1.165) is 31.2 Å². The monoisotopic (exact) mass is 210 g/mol. The summed E-state index contributed by atoms with van der Waals surface area (Å²) in [6.07, 6.45) is 3.59. The summed E-state index contributed by atoms with van der Waals surface area (Å²) in [5.74, 6) is 1.51. The van der Waals surface area contributed by atoms with Gasteiger partial charge in [0.2, 0.25) is 5.89 Å². The van der Waals surface area contributed by atoms with Gasteiger partial charge in [-0.1, -0.05) is 11.6 Å². The number of hydrogen-bond donors (Lipinski definition) is 1. The first kappa shape index (κ1) is 10.6. The van der Waals surface area contributed by atoms with Gasteiger partial charge in [-0.05, 0) is 33.5 Å². The highest BCUT2D eigenvalue weighted by Gasteiger charge is 2.20. The van der Waals surface area contributed by atoms with Gasteiger partial charge in [-0.25, -0.2) is 0 Å². The number of hydrogen-bond acceptors (Lipinski definition) is 5. The minimum atomic E-state index is 0.266. The van der Waals surface area contributed by atoms with Gasteiger partial charge in [0.1, 0.15) is 0 Å². The molecule has 15 heavy (non-hydrogen) atoms. The maximum absolute atomic E-state index is 5.25. The molecule has 0 amide bonds. The smallest absolute Gasteiger partial charge is 0.243 e. The van der Waals surface area contributed by atoms with E-state index >= 15 is 0 Å². The van der Waals surface area contributed by atoms with Crippen molar-refractivity contribution in [2.75, 3.05) is 20.6 Å². The number of nitrogens with one attached hydrogen (secondary N) is 1. The quantitative estimate of drug-likeness (QED) is 0.805. The Morgan fingerprint density at radius 2 is 2.33 bits per heavy atom. The van der Waals surface area contributed by atoms with Crippen molar-refractivity contribution in [2.24, 2.45) is 0 Å². The fourth-order valence-electron chi connectivity index (χ4n) is 1.82. The van der Waals surface area contributed by atoms with Crippen molar-refractivity contribution in [3.63, 3.8) is 0 Å². The molecule has 0 radical (unpaired) electrons. The van der Waals surface area contributed by atoms with E-state index in [1.54, 1.807) is 0 Å². The van der Waals surface area contributed by atoms with Crippen molar-refractivity contribution in [1.29, 1.82) is 0 Å². The summed E-state index contributed by atoms with van der Waals surface area (Å²) >= 11 is 0. The van der Waals surface area contributed by atoms with E-state index in [-0.39, 0.29) is 6.04 Å². The second-order valence-electron chi connectivity index (χ2n) is 4.29. The Labute approximate surface area is 89.8 Å². The van der Waals surface area contributed by atoms with E-state index in [1.807, 2.05) is 19.0 Å². The summed E-state index contributed by atoms with van der Waals surface area (Å²) < 4.78 is 5.25. The van der Waals surface area contributed by atoms with Crippen LogP contribution in [0, 0.1) is 0 Å². The van der Waals surface area contributed by atoms with E-state index in [9.17, 15) is 0 Å². The molecule has 5 heteroatoms. The van der Waals surface area contributed by atoms with Gasteiger partial charge in [0.05, 0.1) is 12.6 Å². The fourth-order valence-corrected chi connectivity index (χ4v) is 1.82. The van der Waals surface area contributed by atoms with Gasteiger partial charge in [-0.3, -0.25) is 0 Å². The van der Waals surface area contributed by atoms with Crippen LogP contribution in [0.5, 0.6) is 0 Å². The van der Waals surface area contributed by atoms with Crippen LogP contribution in [-0.2, 0) is 6.54 Å². The highest BCUT2D eigenvalue weighted by molar-refractivity contribution is 4.94. The molecular weight excluding hydrogens is 192 g/mol. The van der Waals surface area contributed by atoms with E-state index in [1.165, 1.54) is 12.8 Å².